The van der Waals surface area contributed by atoms with Gasteiger partial charge >= 0.3 is 6.03 Å². The Balaban J connectivity index is 1.80. The first kappa shape index (κ1) is 20.9. The molecule has 0 aromatic carbocycles. The zero-order valence-corrected chi connectivity index (χ0v) is 17.4. The number of hydrogen-bond acceptors (Lipinski definition) is 8. The number of aliphatic hydroxyl groups is 1. The van der Waals surface area contributed by atoms with Crippen LogP contribution in [-0.2, 0) is 4.79 Å². The molecule has 0 aliphatic carbocycles. The average molecular weight is 420 g/mol. The summed E-state index contributed by atoms with van der Waals surface area (Å²) >= 11 is 1.29. The number of aryl methyl sites for hydroxylation is 1. The van der Waals surface area contributed by atoms with Crippen molar-refractivity contribution >= 4 is 34.4 Å². The minimum absolute atomic E-state index is 0.0514. The molecule has 3 amide bonds. The van der Waals surface area contributed by atoms with Gasteiger partial charge in [-0.1, -0.05) is 11.3 Å². The zero-order chi connectivity index (χ0) is 21.1. The van der Waals surface area contributed by atoms with Crippen molar-refractivity contribution < 1.29 is 14.7 Å². The largest absolute Gasteiger partial charge is 0.391 e. The van der Waals surface area contributed by atoms with Crippen LogP contribution in [0.4, 0.5) is 15.9 Å². The van der Waals surface area contributed by atoms with Crippen molar-refractivity contribution in [1.29, 1.82) is 0 Å². The lowest BCUT2D eigenvalue weighted by Gasteiger charge is -2.21. The lowest BCUT2D eigenvalue weighted by atomic mass is 10.2. The van der Waals surface area contributed by atoms with Gasteiger partial charge in [0.2, 0.25) is 11.9 Å². The molecule has 3 rings (SSSR count). The molecule has 11 heteroatoms. The van der Waals surface area contributed by atoms with Crippen LogP contribution in [0.25, 0.3) is 10.6 Å². The number of amides is 3. The number of nitrogens with zero attached hydrogens (tertiary/aromatic N) is 5. The van der Waals surface area contributed by atoms with Crippen molar-refractivity contribution in [1.82, 2.24) is 19.9 Å². The van der Waals surface area contributed by atoms with Crippen LogP contribution < -0.4 is 16.0 Å². The number of rotatable bonds is 6. The monoisotopic (exact) mass is 419 g/mol. The maximum Gasteiger partial charge on any atom is 0.324 e. The second kappa shape index (κ2) is 8.70. The summed E-state index contributed by atoms with van der Waals surface area (Å²) in [6, 6.07) is 0.459. The van der Waals surface area contributed by atoms with Crippen LogP contribution in [-0.4, -0.2) is 68.7 Å². The van der Waals surface area contributed by atoms with E-state index in [1.165, 1.54) is 16.2 Å². The van der Waals surface area contributed by atoms with Crippen LogP contribution in [0.15, 0.2) is 12.3 Å². The Labute approximate surface area is 172 Å². The van der Waals surface area contributed by atoms with Gasteiger partial charge in [0.15, 0.2) is 5.13 Å². The van der Waals surface area contributed by atoms with Crippen LogP contribution in [0.1, 0.15) is 26.0 Å². The van der Waals surface area contributed by atoms with E-state index in [1.807, 2.05) is 25.7 Å². The number of aromatic nitrogens is 3. The number of β-amino-alcohol motifs (C(OH)–C–C–N with tert-alkyl or cyclic N) is 1. The van der Waals surface area contributed by atoms with Crippen molar-refractivity contribution in [3.8, 4) is 10.6 Å². The van der Waals surface area contributed by atoms with Crippen LogP contribution in [0.5, 0.6) is 0 Å². The summed E-state index contributed by atoms with van der Waals surface area (Å²) in [7, 11) is 0. The summed E-state index contributed by atoms with van der Waals surface area (Å²) in [6.07, 6.45) is 1.07. The minimum Gasteiger partial charge on any atom is -0.391 e. The van der Waals surface area contributed by atoms with Gasteiger partial charge in [-0.2, -0.15) is 0 Å². The summed E-state index contributed by atoms with van der Waals surface area (Å²) in [6.45, 7) is 7.57. The second-order valence-electron chi connectivity index (χ2n) is 6.74. The number of carbonyl (C=O) groups excluding carboxylic acids is 2. The SMILES string of the molecule is CCN(CC)c1nccc(-c2sc(NC(=O)N3C[C@H](O)C[C@H]3C(N)=O)nc2C)n1. The highest BCUT2D eigenvalue weighted by Crippen LogP contribution is 2.32. The molecular weight excluding hydrogens is 394 g/mol. The summed E-state index contributed by atoms with van der Waals surface area (Å²) in [5.74, 6) is -0.00105. The first-order chi connectivity index (χ1) is 13.8. The van der Waals surface area contributed by atoms with Crippen LogP contribution in [0.2, 0.25) is 0 Å². The van der Waals surface area contributed by atoms with Gasteiger partial charge in [-0.05, 0) is 26.8 Å². The summed E-state index contributed by atoms with van der Waals surface area (Å²) in [5, 5.41) is 12.9. The highest BCUT2D eigenvalue weighted by Gasteiger charge is 2.38. The highest BCUT2D eigenvalue weighted by molar-refractivity contribution is 7.19. The molecule has 1 fully saturated rings. The summed E-state index contributed by atoms with van der Waals surface area (Å²) in [4.78, 5) is 41.6. The Morgan fingerprint density at radius 2 is 2.10 bits per heavy atom. The molecule has 2 aromatic rings. The van der Waals surface area contributed by atoms with Gasteiger partial charge in [-0.25, -0.2) is 19.7 Å². The molecule has 1 aliphatic heterocycles. The Morgan fingerprint density at radius 3 is 2.76 bits per heavy atom. The van der Waals surface area contributed by atoms with Gasteiger partial charge in [-0.3, -0.25) is 10.1 Å². The molecule has 29 heavy (non-hydrogen) atoms. The Morgan fingerprint density at radius 1 is 1.38 bits per heavy atom. The van der Waals surface area contributed by atoms with Crippen LogP contribution in [0.3, 0.4) is 0 Å². The molecule has 0 radical (unpaired) electrons. The lowest BCUT2D eigenvalue weighted by molar-refractivity contribution is -0.121. The first-order valence-electron chi connectivity index (χ1n) is 9.44. The average Bonchev–Trinajstić information content (AvgIpc) is 3.26. The van der Waals surface area contributed by atoms with Gasteiger partial charge in [0.05, 0.1) is 22.4 Å². The molecule has 4 N–H and O–H groups in total. The Kier molecular flexibility index (Phi) is 6.28. The van der Waals surface area contributed by atoms with E-state index in [4.69, 9.17) is 5.73 Å². The molecule has 0 spiro atoms. The van der Waals surface area contributed by atoms with Crippen molar-refractivity contribution in [2.45, 2.75) is 39.3 Å². The lowest BCUT2D eigenvalue weighted by Crippen LogP contribution is -2.45. The predicted octanol–water partition coefficient (Wildman–Crippen LogP) is 1.21. The van der Waals surface area contributed by atoms with Crippen LogP contribution in [0, 0.1) is 6.92 Å². The van der Waals surface area contributed by atoms with E-state index in [0.717, 1.165) is 29.4 Å². The molecule has 2 atom stereocenters. The van der Waals surface area contributed by atoms with E-state index in [2.05, 4.69) is 20.3 Å². The van der Waals surface area contributed by atoms with Crippen molar-refractivity contribution in [3.05, 3.63) is 18.0 Å². The smallest absolute Gasteiger partial charge is 0.324 e. The number of anilines is 2. The van der Waals surface area contributed by atoms with E-state index in [1.54, 1.807) is 12.3 Å². The van der Waals surface area contributed by atoms with Gasteiger partial charge in [0.25, 0.3) is 0 Å². The molecular formula is C18H25N7O3S. The normalized spacial score (nSPS) is 18.7. The van der Waals surface area contributed by atoms with Crippen molar-refractivity contribution in [2.24, 2.45) is 5.73 Å². The quantitative estimate of drug-likeness (QED) is 0.640. The zero-order valence-electron chi connectivity index (χ0n) is 16.6. The standard InChI is InChI=1S/C18H25N7O3S/c1-4-24(5-2)16-20-7-6-12(22-16)14-10(3)21-17(29-14)23-18(28)25-9-11(26)8-13(25)15(19)27/h6-7,11,13,26H,4-5,8-9H2,1-3H3,(H2,19,27)(H,21,23,28)/t11-,13+/m1/s1. The third kappa shape index (κ3) is 4.46. The number of thiazole rings is 1. The number of carbonyl (C=O) groups is 2. The highest BCUT2D eigenvalue weighted by atomic mass is 32.1. The number of primary amides is 1. The molecule has 10 nitrogen and oxygen atoms in total. The minimum atomic E-state index is -0.830. The Bertz CT molecular complexity index is 899. The number of nitrogens with one attached hydrogen (secondary N) is 1. The topological polar surface area (TPSA) is 138 Å². The molecule has 0 unspecified atom stereocenters. The van der Waals surface area contributed by atoms with Gasteiger partial charge in [0.1, 0.15) is 6.04 Å². The number of hydrogen-bond donors (Lipinski definition) is 3. The number of likely N-dealkylation sites (tertiary alicyclic amines) is 1. The number of nitrogens with two attached hydrogens (primary N) is 1. The van der Waals surface area contributed by atoms with Gasteiger partial charge in [0, 0.05) is 32.3 Å². The summed E-state index contributed by atoms with van der Waals surface area (Å²) < 4.78 is 0. The molecule has 2 aromatic heterocycles. The van der Waals surface area contributed by atoms with Gasteiger partial charge in [-0.15, -0.1) is 0 Å². The predicted molar refractivity (Wildman–Crippen MR) is 111 cm³/mol. The third-order valence-electron chi connectivity index (χ3n) is 4.80. The van der Waals surface area contributed by atoms with E-state index >= 15 is 0 Å². The van der Waals surface area contributed by atoms with E-state index < -0.39 is 24.1 Å². The fourth-order valence-corrected chi connectivity index (χ4v) is 4.22. The van der Waals surface area contributed by atoms with Crippen LogP contribution >= 0.6 is 11.3 Å². The van der Waals surface area contributed by atoms with Crippen molar-refractivity contribution in [2.75, 3.05) is 29.9 Å². The molecule has 1 aliphatic rings. The van der Waals surface area contributed by atoms with E-state index in [-0.39, 0.29) is 13.0 Å². The Hall–Kier alpha value is -2.79. The number of aliphatic hydroxyl groups excluding tert-OH is 1. The maximum absolute atomic E-state index is 12.6. The molecule has 3 heterocycles. The molecule has 156 valence electrons. The summed E-state index contributed by atoms with van der Waals surface area (Å²) in [5.41, 5.74) is 6.79. The second-order valence-corrected chi connectivity index (χ2v) is 7.74. The first-order valence-corrected chi connectivity index (χ1v) is 10.3. The number of urea groups is 1. The fourth-order valence-electron chi connectivity index (χ4n) is 3.29. The van der Waals surface area contributed by atoms with Crippen molar-refractivity contribution in [3.63, 3.8) is 0 Å². The third-order valence-corrected chi connectivity index (χ3v) is 5.90. The maximum atomic E-state index is 12.6. The molecule has 0 bridgehead atoms. The van der Waals surface area contributed by atoms with E-state index in [0.29, 0.717) is 11.1 Å². The fraction of sp³-hybridized carbons (Fsp3) is 0.500. The molecule has 0 saturated carbocycles. The van der Waals surface area contributed by atoms with E-state index in [9.17, 15) is 14.7 Å². The van der Waals surface area contributed by atoms with Gasteiger partial charge < -0.3 is 20.6 Å². The molecule has 1 saturated heterocycles.